The van der Waals surface area contributed by atoms with E-state index in [1.165, 1.54) is 32.1 Å². The maximum atomic E-state index is 12.9. The van der Waals surface area contributed by atoms with Gasteiger partial charge in [0.15, 0.2) is 0 Å². The van der Waals surface area contributed by atoms with Gasteiger partial charge in [0.25, 0.3) is 5.56 Å². The molecule has 2 aromatic rings. The van der Waals surface area contributed by atoms with E-state index in [0.717, 1.165) is 37.1 Å². The number of carbonyl (C=O) groups is 1. The van der Waals surface area contributed by atoms with Gasteiger partial charge in [-0.25, -0.2) is 4.98 Å². The molecule has 2 heterocycles. The Morgan fingerprint density at radius 2 is 2.07 bits per heavy atom. The number of nitrogens with one attached hydrogen (secondary N) is 1. The molecular formula is C23H29N3O2. The smallest absolute Gasteiger partial charge is 0.258 e. The number of amides is 1. The van der Waals surface area contributed by atoms with Crippen LogP contribution >= 0.6 is 0 Å². The molecule has 0 spiro atoms. The van der Waals surface area contributed by atoms with E-state index in [0.29, 0.717) is 35.6 Å². The van der Waals surface area contributed by atoms with Gasteiger partial charge >= 0.3 is 0 Å². The normalized spacial score (nSPS) is 29.1. The summed E-state index contributed by atoms with van der Waals surface area (Å²) in [6.45, 7) is 0.895. The van der Waals surface area contributed by atoms with Crippen molar-refractivity contribution in [3.8, 4) is 0 Å². The van der Waals surface area contributed by atoms with Crippen molar-refractivity contribution in [2.75, 3.05) is 6.54 Å². The Morgan fingerprint density at radius 3 is 2.89 bits per heavy atom. The van der Waals surface area contributed by atoms with Crippen LogP contribution in [0.15, 0.2) is 29.1 Å². The summed E-state index contributed by atoms with van der Waals surface area (Å²) in [5.41, 5.74) is 0.576. The van der Waals surface area contributed by atoms with E-state index >= 15 is 0 Å². The van der Waals surface area contributed by atoms with Crippen molar-refractivity contribution in [3.05, 3.63) is 40.4 Å². The molecule has 148 valence electrons. The van der Waals surface area contributed by atoms with Gasteiger partial charge < -0.3 is 9.88 Å². The summed E-state index contributed by atoms with van der Waals surface area (Å²) in [6.07, 6.45) is 10.1. The molecule has 1 N–H and O–H groups in total. The van der Waals surface area contributed by atoms with Gasteiger partial charge in [-0.3, -0.25) is 9.59 Å². The van der Waals surface area contributed by atoms with Crippen LogP contribution in [0, 0.1) is 17.8 Å². The number of nitrogens with zero attached hydrogens (tertiary/aromatic N) is 2. The number of benzene rings is 1. The van der Waals surface area contributed by atoms with Crippen LogP contribution < -0.4 is 5.56 Å². The van der Waals surface area contributed by atoms with Gasteiger partial charge in [0, 0.05) is 25.4 Å². The molecule has 1 aromatic carbocycles. The summed E-state index contributed by atoms with van der Waals surface area (Å²) in [6, 6.07) is 7.78. The first-order valence-electron chi connectivity index (χ1n) is 10.9. The Labute approximate surface area is 165 Å². The molecule has 2 saturated carbocycles. The van der Waals surface area contributed by atoms with Crippen LogP contribution in [0.4, 0.5) is 0 Å². The van der Waals surface area contributed by atoms with Crippen molar-refractivity contribution in [2.45, 2.75) is 63.8 Å². The zero-order chi connectivity index (χ0) is 19.1. The number of hydrogen-bond acceptors (Lipinski definition) is 3. The summed E-state index contributed by atoms with van der Waals surface area (Å²) in [7, 11) is 0. The van der Waals surface area contributed by atoms with Crippen LogP contribution in [0.3, 0.4) is 0 Å². The lowest BCUT2D eigenvalue weighted by atomic mass is 9.83. The minimum Gasteiger partial charge on any atom is -0.340 e. The second-order valence-corrected chi connectivity index (χ2v) is 9.08. The average molecular weight is 380 g/mol. The van der Waals surface area contributed by atoms with Crippen LogP contribution in [0.1, 0.15) is 57.2 Å². The van der Waals surface area contributed by atoms with E-state index in [1.54, 1.807) is 6.07 Å². The zero-order valence-corrected chi connectivity index (χ0v) is 16.4. The Morgan fingerprint density at radius 1 is 1.18 bits per heavy atom. The molecule has 0 radical (unpaired) electrons. The van der Waals surface area contributed by atoms with Crippen molar-refractivity contribution in [1.82, 2.24) is 14.9 Å². The fraction of sp³-hybridized carbons (Fsp3) is 0.609. The number of aryl methyl sites for hydroxylation is 1. The van der Waals surface area contributed by atoms with Crippen molar-refractivity contribution in [3.63, 3.8) is 0 Å². The highest BCUT2D eigenvalue weighted by atomic mass is 16.2. The van der Waals surface area contributed by atoms with Gasteiger partial charge in [-0.05, 0) is 68.4 Å². The lowest BCUT2D eigenvalue weighted by Gasteiger charge is -2.30. The molecule has 2 bridgehead atoms. The monoisotopic (exact) mass is 379 g/mol. The standard InChI is InChI=1S/C23H29N3O2/c27-22(10-9-21-24-20-6-2-1-5-19(20)23(28)25-21)26-11-3-4-18(26)14-17-13-15-7-8-16(17)12-15/h1-2,5-6,15-18H,3-4,7-14H2,(H,24,25,28). The first-order valence-corrected chi connectivity index (χ1v) is 10.9. The van der Waals surface area contributed by atoms with E-state index in [-0.39, 0.29) is 11.5 Å². The largest absolute Gasteiger partial charge is 0.340 e. The van der Waals surface area contributed by atoms with E-state index in [2.05, 4.69) is 14.9 Å². The fourth-order valence-electron chi connectivity index (χ4n) is 6.05. The number of H-pyrrole nitrogens is 1. The predicted molar refractivity (Wildman–Crippen MR) is 109 cm³/mol. The van der Waals surface area contributed by atoms with Gasteiger partial charge in [-0.2, -0.15) is 0 Å². The van der Waals surface area contributed by atoms with Crippen molar-refractivity contribution in [2.24, 2.45) is 17.8 Å². The highest BCUT2D eigenvalue weighted by Gasteiger charge is 2.41. The molecule has 5 nitrogen and oxygen atoms in total. The first kappa shape index (κ1) is 17.9. The SMILES string of the molecule is O=C(CCc1nc2ccccc2c(=O)[nH]1)N1CCCC1CC1CC2CCC1C2. The van der Waals surface area contributed by atoms with E-state index < -0.39 is 0 Å². The van der Waals surface area contributed by atoms with E-state index in [4.69, 9.17) is 0 Å². The summed E-state index contributed by atoms with van der Waals surface area (Å²) in [5.74, 6) is 3.57. The Bertz CT molecular complexity index is 937. The van der Waals surface area contributed by atoms with E-state index in [1.807, 2.05) is 18.2 Å². The van der Waals surface area contributed by atoms with Crippen LogP contribution in [-0.2, 0) is 11.2 Å². The third-order valence-electron chi connectivity index (χ3n) is 7.39. The van der Waals surface area contributed by atoms with Gasteiger partial charge in [-0.15, -0.1) is 0 Å². The molecule has 1 aliphatic heterocycles. The minimum absolute atomic E-state index is 0.122. The second-order valence-electron chi connectivity index (χ2n) is 9.08. The van der Waals surface area contributed by atoms with Gasteiger partial charge in [0.05, 0.1) is 10.9 Å². The van der Waals surface area contributed by atoms with Crippen molar-refractivity contribution < 1.29 is 4.79 Å². The maximum absolute atomic E-state index is 12.9. The topological polar surface area (TPSA) is 66.1 Å². The molecule has 5 heteroatoms. The van der Waals surface area contributed by atoms with Crippen LogP contribution in [0.5, 0.6) is 0 Å². The molecule has 3 aliphatic rings. The number of aromatic nitrogens is 2. The highest BCUT2D eigenvalue weighted by Crippen LogP contribution is 2.50. The zero-order valence-electron chi connectivity index (χ0n) is 16.4. The number of likely N-dealkylation sites (tertiary alicyclic amines) is 1. The predicted octanol–water partition coefficient (Wildman–Crippen LogP) is 3.67. The summed E-state index contributed by atoms with van der Waals surface area (Å²) < 4.78 is 0. The molecule has 3 fully saturated rings. The first-order chi connectivity index (χ1) is 13.7. The Kier molecular flexibility index (Phi) is 4.69. The number of carbonyl (C=O) groups excluding carboxylic acids is 1. The summed E-state index contributed by atoms with van der Waals surface area (Å²) >= 11 is 0. The van der Waals surface area contributed by atoms with Crippen LogP contribution in [-0.4, -0.2) is 33.4 Å². The molecule has 4 unspecified atom stereocenters. The molecule has 28 heavy (non-hydrogen) atoms. The fourth-order valence-corrected chi connectivity index (χ4v) is 6.05. The average Bonchev–Trinajstić information content (AvgIpc) is 3.43. The van der Waals surface area contributed by atoms with Crippen LogP contribution in [0.2, 0.25) is 0 Å². The summed E-state index contributed by atoms with van der Waals surface area (Å²) in [5, 5.41) is 0.600. The van der Waals surface area contributed by atoms with Gasteiger partial charge in [0.1, 0.15) is 5.82 Å². The lowest BCUT2D eigenvalue weighted by molar-refractivity contribution is -0.132. The number of para-hydroxylation sites is 1. The molecular weight excluding hydrogens is 350 g/mol. The molecule has 1 saturated heterocycles. The van der Waals surface area contributed by atoms with Gasteiger partial charge in [-0.1, -0.05) is 18.6 Å². The third-order valence-corrected chi connectivity index (χ3v) is 7.39. The van der Waals surface area contributed by atoms with Crippen molar-refractivity contribution in [1.29, 1.82) is 0 Å². The highest BCUT2D eigenvalue weighted by molar-refractivity contribution is 5.78. The minimum atomic E-state index is -0.122. The van der Waals surface area contributed by atoms with Crippen LogP contribution in [0.25, 0.3) is 10.9 Å². The quantitative estimate of drug-likeness (QED) is 0.862. The molecule has 2 aliphatic carbocycles. The lowest BCUT2D eigenvalue weighted by Crippen LogP contribution is -2.37. The third kappa shape index (κ3) is 3.36. The Hall–Kier alpha value is -2.17. The number of hydrogen-bond donors (Lipinski definition) is 1. The van der Waals surface area contributed by atoms with Gasteiger partial charge in [0.2, 0.25) is 5.91 Å². The van der Waals surface area contributed by atoms with Crippen molar-refractivity contribution >= 4 is 16.8 Å². The second kappa shape index (κ2) is 7.34. The number of fused-ring (bicyclic) bond motifs is 3. The maximum Gasteiger partial charge on any atom is 0.258 e. The van der Waals surface area contributed by atoms with E-state index in [9.17, 15) is 9.59 Å². The molecule has 1 amide bonds. The molecule has 1 aromatic heterocycles. The Balaban J connectivity index is 1.22. The molecule has 5 rings (SSSR count). The number of rotatable bonds is 5. The number of aromatic amines is 1. The molecule has 4 atom stereocenters. The summed E-state index contributed by atoms with van der Waals surface area (Å²) in [4.78, 5) is 34.6.